The first-order valence-corrected chi connectivity index (χ1v) is 7.27. The molecule has 23 heavy (non-hydrogen) atoms. The van der Waals surface area contributed by atoms with E-state index >= 15 is 0 Å². The molecular weight excluding hydrogens is 298 g/mol. The molecule has 2 heterocycles. The highest BCUT2D eigenvalue weighted by atomic mass is 16.5. The summed E-state index contributed by atoms with van der Waals surface area (Å²) >= 11 is 0. The van der Waals surface area contributed by atoms with Crippen molar-refractivity contribution < 1.29 is 18.8 Å². The Labute approximate surface area is 133 Å². The van der Waals surface area contributed by atoms with Crippen LogP contribution in [-0.2, 0) is 16.0 Å². The number of nitrogens with one attached hydrogen (secondary N) is 2. The van der Waals surface area contributed by atoms with E-state index in [1.807, 2.05) is 0 Å². The highest BCUT2D eigenvalue weighted by Gasteiger charge is 2.23. The summed E-state index contributed by atoms with van der Waals surface area (Å²) in [6.07, 6.45) is -0.347. The summed E-state index contributed by atoms with van der Waals surface area (Å²) < 4.78 is 10.5. The molecule has 0 fully saturated rings. The molecule has 0 spiro atoms. The molecule has 2 amide bonds. The molecule has 0 saturated carbocycles. The summed E-state index contributed by atoms with van der Waals surface area (Å²) in [7, 11) is 0. The van der Waals surface area contributed by atoms with Gasteiger partial charge in [-0.25, -0.2) is 0 Å². The molecule has 2 N–H and O–H groups in total. The Morgan fingerprint density at radius 2 is 2.17 bits per heavy atom. The number of fused-ring (bicyclic) bond motifs is 1. The van der Waals surface area contributed by atoms with Gasteiger partial charge in [0.2, 0.25) is 5.91 Å². The summed E-state index contributed by atoms with van der Waals surface area (Å²) in [6.45, 7) is 5.25. The van der Waals surface area contributed by atoms with Gasteiger partial charge in [0.25, 0.3) is 5.91 Å². The van der Waals surface area contributed by atoms with Gasteiger partial charge in [-0.2, -0.15) is 0 Å². The highest BCUT2D eigenvalue weighted by molar-refractivity contribution is 5.99. The quantitative estimate of drug-likeness (QED) is 0.905. The minimum Gasteiger partial charge on any atom is -0.479 e. The number of nitrogens with zero attached hydrogens (tertiary/aromatic N) is 1. The van der Waals surface area contributed by atoms with E-state index in [1.54, 1.807) is 39.0 Å². The third-order valence-electron chi connectivity index (χ3n) is 3.71. The van der Waals surface area contributed by atoms with Crippen LogP contribution in [0.15, 0.2) is 22.7 Å². The molecule has 0 saturated heterocycles. The van der Waals surface area contributed by atoms with E-state index < -0.39 is 6.10 Å². The standard InChI is InChI=1S/C16H17N3O4/c1-8-12(9(2)23-19-8)7-15(20)17-11-4-5-14-13(6-11)18-16(21)10(3)22-14/h4-6,10H,7H2,1-3H3,(H,17,20)(H,18,21). The number of anilines is 2. The molecule has 1 unspecified atom stereocenters. The summed E-state index contributed by atoms with van der Waals surface area (Å²) in [5, 5.41) is 9.37. The number of carbonyl (C=O) groups excluding carboxylic acids is 2. The molecule has 1 atom stereocenters. The third-order valence-corrected chi connectivity index (χ3v) is 3.71. The number of hydrogen-bond acceptors (Lipinski definition) is 5. The fourth-order valence-electron chi connectivity index (χ4n) is 2.41. The van der Waals surface area contributed by atoms with Gasteiger partial charge < -0.3 is 19.9 Å². The van der Waals surface area contributed by atoms with Gasteiger partial charge in [0.05, 0.1) is 17.8 Å². The van der Waals surface area contributed by atoms with Crippen LogP contribution in [0.5, 0.6) is 5.75 Å². The molecule has 120 valence electrons. The van der Waals surface area contributed by atoms with Crippen molar-refractivity contribution in [3.63, 3.8) is 0 Å². The van der Waals surface area contributed by atoms with E-state index in [1.165, 1.54) is 0 Å². The Hall–Kier alpha value is -2.83. The van der Waals surface area contributed by atoms with Gasteiger partial charge in [-0.1, -0.05) is 5.16 Å². The molecule has 2 aromatic rings. The van der Waals surface area contributed by atoms with Gasteiger partial charge in [-0.15, -0.1) is 0 Å². The largest absolute Gasteiger partial charge is 0.479 e. The monoisotopic (exact) mass is 315 g/mol. The van der Waals surface area contributed by atoms with E-state index in [9.17, 15) is 9.59 Å². The normalized spacial score (nSPS) is 16.3. The van der Waals surface area contributed by atoms with Gasteiger partial charge in [0.15, 0.2) is 6.10 Å². The second-order valence-corrected chi connectivity index (χ2v) is 5.49. The summed E-state index contributed by atoms with van der Waals surface area (Å²) in [6, 6.07) is 5.12. The van der Waals surface area contributed by atoms with E-state index in [-0.39, 0.29) is 18.2 Å². The Morgan fingerprint density at radius 1 is 1.39 bits per heavy atom. The van der Waals surface area contributed by atoms with Crippen molar-refractivity contribution in [3.05, 3.63) is 35.2 Å². The number of hydrogen-bond donors (Lipinski definition) is 2. The average molecular weight is 315 g/mol. The molecule has 7 heteroatoms. The van der Waals surface area contributed by atoms with Crippen LogP contribution >= 0.6 is 0 Å². The number of carbonyl (C=O) groups is 2. The Bertz CT molecular complexity index is 762. The number of ether oxygens (including phenoxy) is 1. The van der Waals surface area contributed by atoms with Gasteiger partial charge in [0, 0.05) is 11.3 Å². The molecule has 0 bridgehead atoms. The van der Waals surface area contributed by atoms with Crippen molar-refractivity contribution in [1.29, 1.82) is 0 Å². The molecule has 1 aromatic carbocycles. The predicted molar refractivity (Wildman–Crippen MR) is 83.5 cm³/mol. The average Bonchev–Trinajstić information content (AvgIpc) is 2.80. The number of aromatic nitrogens is 1. The zero-order valence-corrected chi connectivity index (χ0v) is 13.1. The first-order valence-electron chi connectivity index (χ1n) is 7.27. The summed E-state index contributed by atoms with van der Waals surface area (Å²) in [5.74, 6) is 0.825. The van der Waals surface area contributed by atoms with Crippen LogP contribution in [0.1, 0.15) is 23.9 Å². The van der Waals surface area contributed by atoms with Crippen LogP contribution in [0, 0.1) is 13.8 Å². The van der Waals surface area contributed by atoms with Crippen molar-refractivity contribution >= 4 is 23.2 Å². The van der Waals surface area contributed by atoms with Crippen molar-refractivity contribution in [2.45, 2.75) is 33.3 Å². The topological polar surface area (TPSA) is 93.5 Å². The molecule has 1 aliphatic rings. The van der Waals surface area contributed by atoms with Crippen LogP contribution in [0.25, 0.3) is 0 Å². The lowest BCUT2D eigenvalue weighted by Gasteiger charge is -2.23. The minimum atomic E-state index is -0.525. The van der Waals surface area contributed by atoms with Gasteiger partial charge in [-0.3, -0.25) is 9.59 Å². The minimum absolute atomic E-state index is 0.179. The Balaban J connectivity index is 1.72. The highest BCUT2D eigenvalue weighted by Crippen LogP contribution is 2.32. The van der Waals surface area contributed by atoms with Gasteiger partial charge >= 0.3 is 0 Å². The maximum Gasteiger partial charge on any atom is 0.265 e. The lowest BCUT2D eigenvalue weighted by atomic mass is 10.1. The lowest BCUT2D eigenvalue weighted by Crippen LogP contribution is -2.34. The molecular formula is C16H17N3O4. The van der Waals surface area contributed by atoms with Crippen LogP contribution < -0.4 is 15.4 Å². The second-order valence-electron chi connectivity index (χ2n) is 5.49. The fraction of sp³-hybridized carbons (Fsp3) is 0.312. The van der Waals surface area contributed by atoms with Crippen LogP contribution in [0.3, 0.4) is 0 Å². The maximum atomic E-state index is 12.2. The van der Waals surface area contributed by atoms with Crippen molar-refractivity contribution in [1.82, 2.24) is 5.16 Å². The number of benzene rings is 1. The van der Waals surface area contributed by atoms with E-state index in [4.69, 9.17) is 9.26 Å². The number of amides is 2. The second kappa shape index (κ2) is 5.75. The molecule has 7 nitrogen and oxygen atoms in total. The SMILES string of the molecule is Cc1noc(C)c1CC(=O)Nc1ccc2c(c1)NC(=O)C(C)O2. The summed E-state index contributed by atoms with van der Waals surface area (Å²) in [5.41, 5.74) is 2.62. The first kappa shape index (κ1) is 15.1. The zero-order chi connectivity index (χ0) is 16.6. The van der Waals surface area contributed by atoms with Crippen LogP contribution in [0.2, 0.25) is 0 Å². The fourth-order valence-corrected chi connectivity index (χ4v) is 2.41. The van der Waals surface area contributed by atoms with E-state index in [0.717, 1.165) is 5.56 Å². The van der Waals surface area contributed by atoms with Crippen molar-refractivity contribution in [3.8, 4) is 5.75 Å². The van der Waals surface area contributed by atoms with Gasteiger partial charge in [0.1, 0.15) is 11.5 Å². The Kier molecular flexibility index (Phi) is 3.77. The number of aryl methyl sites for hydroxylation is 2. The molecule has 1 aromatic heterocycles. The molecule has 1 aliphatic heterocycles. The lowest BCUT2D eigenvalue weighted by molar-refractivity contribution is -0.122. The third kappa shape index (κ3) is 3.03. The maximum absolute atomic E-state index is 12.2. The van der Waals surface area contributed by atoms with Crippen molar-refractivity contribution in [2.75, 3.05) is 10.6 Å². The van der Waals surface area contributed by atoms with E-state index in [2.05, 4.69) is 15.8 Å². The molecule has 0 radical (unpaired) electrons. The molecule has 0 aliphatic carbocycles. The van der Waals surface area contributed by atoms with Crippen molar-refractivity contribution in [2.24, 2.45) is 0 Å². The Morgan fingerprint density at radius 3 is 2.87 bits per heavy atom. The number of rotatable bonds is 3. The smallest absolute Gasteiger partial charge is 0.265 e. The van der Waals surface area contributed by atoms with E-state index in [0.29, 0.717) is 28.6 Å². The predicted octanol–water partition coefficient (Wildman–Crippen LogP) is 2.19. The zero-order valence-electron chi connectivity index (χ0n) is 13.1. The van der Waals surface area contributed by atoms with Gasteiger partial charge in [-0.05, 0) is 39.0 Å². The first-order chi connectivity index (χ1) is 10.9. The van der Waals surface area contributed by atoms with Crippen LogP contribution in [0.4, 0.5) is 11.4 Å². The summed E-state index contributed by atoms with van der Waals surface area (Å²) in [4.78, 5) is 23.8. The molecule has 3 rings (SSSR count). The van der Waals surface area contributed by atoms with Crippen LogP contribution in [-0.4, -0.2) is 23.1 Å².